The highest BCUT2D eigenvalue weighted by atomic mass is 16.5. The third kappa shape index (κ3) is 3.19. The first-order valence-corrected chi connectivity index (χ1v) is 6.54. The van der Waals surface area contributed by atoms with E-state index in [4.69, 9.17) is 9.47 Å². The van der Waals surface area contributed by atoms with Crippen LogP contribution in [-0.4, -0.2) is 26.7 Å². The Bertz CT molecular complexity index is 460. The third-order valence-electron chi connectivity index (χ3n) is 3.75. The Labute approximate surface area is 114 Å². The Morgan fingerprint density at radius 1 is 1.26 bits per heavy atom. The average Bonchev–Trinajstić information content (AvgIpc) is 2.42. The van der Waals surface area contributed by atoms with Crippen molar-refractivity contribution in [3.05, 3.63) is 23.8 Å². The largest absolute Gasteiger partial charge is 0.493 e. The van der Waals surface area contributed by atoms with E-state index in [1.165, 1.54) is 5.56 Å². The molecule has 0 aromatic heterocycles. The van der Waals surface area contributed by atoms with E-state index in [2.05, 4.69) is 18.3 Å². The van der Waals surface area contributed by atoms with Crippen molar-refractivity contribution >= 4 is 5.91 Å². The quantitative estimate of drug-likeness (QED) is 0.905. The van der Waals surface area contributed by atoms with E-state index in [9.17, 15) is 4.79 Å². The molecule has 1 aliphatic heterocycles. The van der Waals surface area contributed by atoms with Gasteiger partial charge in [0.1, 0.15) is 0 Å². The number of carbonyl (C=O) groups excluding carboxylic acids is 1. The summed E-state index contributed by atoms with van der Waals surface area (Å²) in [6.07, 6.45) is 2.46. The van der Waals surface area contributed by atoms with E-state index in [0.29, 0.717) is 6.42 Å². The SMILES string of the molecule is COc1ccc(CC2(C)CCC(=O)NC2)cc1OC. The zero-order chi connectivity index (χ0) is 13.9. The fourth-order valence-electron chi connectivity index (χ4n) is 2.54. The second-order valence-corrected chi connectivity index (χ2v) is 5.45. The fourth-order valence-corrected chi connectivity index (χ4v) is 2.54. The number of hydrogen-bond acceptors (Lipinski definition) is 3. The molecule has 0 spiro atoms. The first-order chi connectivity index (χ1) is 9.06. The summed E-state index contributed by atoms with van der Waals surface area (Å²) >= 11 is 0. The van der Waals surface area contributed by atoms with Crippen LogP contribution in [0.15, 0.2) is 18.2 Å². The van der Waals surface area contributed by atoms with E-state index in [1.54, 1.807) is 14.2 Å². The summed E-state index contributed by atoms with van der Waals surface area (Å²) in [6, 6.07) is 6.00. The second kappa shape index (κ2) is 5.51. The third-order valence-corrected chi connectivity index (χ3v) is 3.75. The molecule has 1 fully saturated rings. The van der Waals surface area contributed by atoms with Crippen molar-refractivity contribution in [1.82, 2.24) is 5.32 Å². The normalized spacial score (nSPS) is 22.8. The monoisotopic (exact) mass is 263 g/mol. The summed E-state index contributed by atoms with van der Waals surface area (Å²) in [6.45, 7) is 2.95. The molecular weight excluding hydrogens is 242 g/mol. The van der Waals surface area contributed by atoms with Crippen LogP contribution in [0, 0.1) is 5.41 Å². The molecule has 1 aliphatic rings. The minimum Gasteiger partial charge on any atom is -0.493 e. The van der Waals surface area contributed by atoms with Gasteiger partial charge in [-0.25, -0.2) is 0 Å². The maximum atomic E-state index is 11.2. The summed E-state index contributed by atoms with van der Waals surface area (Å²) in [4.78, 5) is 11.2. The van der Waals surface area contributed by atoms with Crippen molar-refractivity contribution in [2.75, 3.05) is 20.8 Å². The average molecular weight is 263 g/mol. The Hall–Kier alpha value is -1.71. The lowest BCUT2D eigenvalue weighted by Gasteiger charge is -2.33. The van der Waals surface area contributed by atoms with Crippen LogP contribution in [0.2, 0.25) is 0 Å². The lowest BCUT2D eigenvalue weighted by atomic mass is 9.77. The van der Waals surface area contributed by atoms with Crippen LogP contribution in [0.1, 0.15) is 25.3 Å². The molecule has 1 aromatic rings. The van der Waals surface area contributed by atoms with Crippen LogP contribution in [0.3, 0.4) is 0 Å². The van der Waals surface area contributed by atoms with Crippen LogP contribution in [0.25, 0.3) is 0 Å². The van der Waals surface area contributed by atoms with Crippen LogP contribution >= 0.6 is 0 Å². The highest BCUT2D eigenvalue weighted by Gasteiger charge is 2.30. The lowest BCUT2D eigenvalue weighted by Crippen LogP contribution is -2.42. The van der Waals surface area contributed by atoms with Gasteiger partial charge in [-0.1, -0.05) is 13.0 Å². The van der Waals surface area contributed by atoms with E-state index in [-0.39, 0.29) is 11.3 Å². The van der Waals surface area contributed by atoms with Crippen molar-refractivity contribution in [3.8, 4) is 11.5 Å². The van der Waals surface area contributed by atoms with Crippen LogP contribution in [-0.2, 0) is 11.2 Å². The van der Waals surface area contributed by atoms with Crippen LogP contribution < -0.4 is 14.8 Å². The molecule has 1 atom stereocenters. The number of methoxy groups -OCH3 is 2. The minimum atomic E-state index is 0.119. The van der Waals surface area contributed by atoms with Crippen LogP contribution in [0.5, 0.6) is 11.5 Å². The maximum Gasteiger partial charge on any atom is 0.220 e. The topological polar surface area (TPSA) is 47.6 Å². The number of piperidine rings is 1. The van der Waals surface area contributed by atoms with Gasteiger partial charge in [0.05, 0.1) is 14.2 Å². The second-order valence-electron chi connectivity index (χ2n) is 5.45. The van der Waals surface area contributed by atoms with Gasteiger partial charge in [0.2, 0.25) is 5.91 Å². The van der Waals surface area contributed by atoms with Crippen molar-refractivity contribution in [1.29, 1.82) is 0 Å². The molecule has 0 saturated carbocycles. The molecule has 1 saturated heterocycles. The summed E-state index contributed by atoms with van der Waals surface area (Å²) in [7, 11) is 3.28. The number of benzene rings is 1. The molecule has 4 heteroatoms. The number of ether oxygens (including phenoxy) is 2. The predicted molar refractivity (Wildman–Crippen MR) is 73.6 cm³/mol. The summed E-state index contributed by atoms with van der Waals surface area (Å²) in [5.74, 6) is 1.65. The number of carbonyl (C=O) groups is 1. The highest BCUT2D eigenvalue weighted by Crippen LogP contribution is 2.34. The molecule has 0 radical (unpaired) electrons. The van der Waals surface area contributed by atoms with Crippen molar-refractivity contribution in [2.24, 2.45) is 5.41 Å². The fraction of sp³-hybridized carbons (Fsp3) is 0.533. The molecule has 0 bridgehead atoms. The van der Waals surface area contributed by atoms with Gasteiger partial charge in [-0.15, -0.1) is 0 Å². The van der Waals surface area contributed by atoms with E-state index in [1.807, 2.05) is 12.1 Å². The van der Waals surface area contributed by atoms with Crippen molar-refractivity contribution in [2.45, 2.75) is 26.2 Å². The first kappa shape index (κ1) is 13.7. The maximum absolute atomic E-state index is 11.2. The van der Waals surface area contributed by atoms with Gasteiger partial charge >= 0.3 is 0 Å². The zero-order valence-corrected chi connectivity index (χ0v) is 11.8. The standard InChI is InChI=1S/C15H21NO3/c1-15(7-6-14(17)16-10-15)9-11-4-5-12(18-2)13(8-11)19-3/h4-5,8H,6-7,9-10H2,1-3H3,(H,16,17). The predicted octanol–water partition coefficient (Wildman–Crippen LogP) is 2.16. The van der Waals surface area contributed by atoms with Gasteiger partial charge in [-0.05, 0) is 36.0 Å². The Kier molecular flexibility index (Phi) is 3.98. The highest BCUT2D eigenvalue weighted by molar-refractivity contribution is 5.76. The van der Waals surface area contributed by atoms with Gasteiger partial charge < -0.3 is 14.8 Å². The molecule has 0 aliphatic carbocycles. The molecule has 4 nitrogen and oxygen atoms in total. The molecule has 2 rings (SSSR count). The molecule has 1 N–H and O–H groups in total. The molecule has 1 unspecified atom stereocenters. The molecule has 1 amide bonds. The summed E-state index contributed by atoms with van der Waals surface area (Å²) in [5.41, 5.74) is 1.32. The van der Waals surface area contributed by atoms with Gasteiger partial charge in [-0.3, -0.25) is 4.79 Å². The number of rotatable bonds is 4. The molecular formula is C15H21NO3. The van der Waals surface area contributed by atoms with Gasteiger partial charge in [0.25, 0.3) is 0 Å². The molecule has 19 heavy (non-hydrogen) atoms. The number of amides is 1. The van der Waals surface area contributed by atoms with Gasteiger partial charge in [0.15, 0.2) is 11.5 Å². The Balaban J connectivity index is 2.12. The van der Waals surface area contributed by atoms with Crippen LogP contribution in [0.4, 0.5) is 0 Å². The number of nitrogens with one attached hydrogen (secondary N) is 1. The van der Waals surface area contributed by atoms with E-state index < -0.39 is 0 Å². The summed E-state index contributed by atoms with van der Waals surface area (Å²) in [5, 5.41) is 2.95. The summed E-state index contributed by atoms with van der Waals surface area (Å²) < 4.78 is 10.6. The van der Waals surface area contributed by atoms with E-state index >= 15 is 0 Å². The molecule has 1 aromatic carbocycles. The van der Waals surface area contributed by atoms with Crippen molar-refractivity contribution < 1.29 is 14.3 Å². The van der Waals surface area contributed by atoms with Crippen molar-refractivity contribution in [3.63, 3.8) is 0 Å². The smallest absolute Gasteiger partial charge is 0.220 e. The zero-order valence-electron chi connectivity index (χ0n) is 11.8. The van der Waals surface area contributed by atoms with Gasteiger partial charge in [0, 0.05) is 13.0 Å². The molecule has 104 valence electrons. The minimum absolute atomic E-state index is 0.119. The number of hydrogen-bond donors (Lipinski definition) is 1. The molecule has 1 heterocycles. The Morgan fingerprint density at radius 3 is 2.58 bits per heavy atom. The lowest BCUT2D eigenvalue weighted by molar-refractivity contribution is -0.124. The van der Waals surface area contributed by atoms with E-state index in [0.717, 1.165) is 30.9 Å². The van der Waals surface area contributed by atoms with Gasteiger partial charge in [-0.2, -0.15) is 0 Å². The first-order valence-electron chi connectivity index (χ1n) is 6.54. The Morgan fingerprint density at radius 2 is 2.00 bits per heavy atom.